The molecule has 0 heterocycles. The monoisotopic (exact) mass is 164 g/mol. The zero-order valence-corrected chi connectivity index (χ0v) is 6.55. The van der Waals surface area contributed by atoms with E-state index in [0.29, 0.717) is 0 Å². The lowest BCUT2D eigenvalue weighted by Gasteiger charge is -1.94. The maximum absolute atomic E-state index is 11.6. The Kier molecular flexibility index (Phi) is 3.31. The zero-order chi connectivity index (χ0) is 8.81. The van der Waals surface area contributed by atoms with Crippen molar-refractivity contribution in [3.05, 3.63) is 35.4 Å². The van der Waals surface area contributed by atoms with Gasteiger partial charge in [0, 0.05) is 5.56 Å². The lowest BCUT2D eigenvalue weighted by molar-refractivity contribution is 0.282. The first-order valence-corrected chi connectivity index (χ1v) is 3.61. The molecule has 0 fully saturated rings. The van der Waals surface area contributed by atoms with E-state index in [1.54, 1.807) is 24.3 Å². The van der Waals surface area contributed by atoms with Crippen LogP contribution in [-0.4, -0.2) is 11.8 Å². The fourth-order valence-corrected chi connectivity index (χ4v) is 0.829. The van der Waals surface area contributed by atoms with E-state index in [1.807, 2.05) is 0 Å². The summed E-state index contributed by atoms with van der Waals surface area (Å²) in [6.45, 7) is -0.599. The van der Waals surface area contributed by atoms with Gasteiger partial charge in [0.15, 0.2) is 6.67 Å². The van der Waals surface area contributed by atoms with Gasteiger partial charge in [-0.3, -0.25) is 0 Å². The van der Waals surface area contributed by atoms with Crippen molar-refractivity contribution in [2.45, 2.75) is 6.61 Å². The van der Waals surface area contributed by atoms with Crippen LogP contribution < -0.4 is 0 Å². The molecule has 0 saturated carbocycles. The predicted molar refractivity (Wildman–Crippen MR) is 45.2 cm³/mol. The molecule has 0 atom stereocenters. The van der Waals surface area contributed by atoms with E-state index in [9.17, 15) is 4.39 Å². The van der Waals surface area contributed by atoms with Crippen LogP contribution in [0.15, 0.2) is 24.3 Å². The Morgan fingerprint density at radius 3 is 2.42 bits per heavy atom. The highest BCUT2D eigenvalue weighted by Crippen LogP contribution is 2.02. The minimum atomic E-state index is -0.623. The van der Waals surface area contributed by atoms with E-state index in [0.717, 1.165) is 11.1 Å². The molecule has 1 N–H and O–H groups in total. The van der Waals surface area contributed by atoms with Crippen LogP contribution in [0, 0.1) is 11.8 Å². The molecular formula is C10H9FO. The van der Waals surface area contributed by atoms with E-state index in [1.165, 1.54) is 0 Å². The average Bonchev–Trinajstić information content (AvgIpc) is 2.15. The van der Waals surface area contributed by atoms with Crippen molar-refractivity contribution in [2.75, 3.05) is 6.67 Å². The molecule has 0 spiro atoms. The Morgan fingerprint density at radius 2 is 1.92 bits per heavy atom. The molecule has 1 aromatic carbocycles. The van der Waals surface area contributed by atoms with Gasteiger partial charge in [0.05, 0.1) is 6.61 Å². The Morgan fingerprint density at radius 1 is 1.25 bits per heavy atom. The molecule has 0 bridgehead atoms. The molecule has 0 aromatic heterocycles. The van der Waals surface area contributed by atoms with Crippen molar-refractivity contribution in [3.63, 3.8) is 0 Å². The lowest BCUT2D eigenvalue weighted by atomic mass is 10.1. The molecule has 12 heavy (non-hydrogen) atoms. The summed E-state index contributed by atoms with van der Waals surface area (Å²) in [6, 6.07) is 7.05. The molecule has 1 aromatic rings. The highest BCUT2D eigenvalue weighted by Gasteiger charge is 1.88. The highest BCUT2D eigenvalue weighted by molar-refractivity contribution is 5.35. The number of benzene rings is 1. The van der Waals surface area contributed by atoms with Crippen molar-refractivity contribution in [3.8, 4) is 11.8 Å². The number of hydrogen-bond acceptors (Lipinski definition) is 1. The second kappa shape index (κ2) is 4.53. The van der Waals surface area contributed by atoms with E-state index in [4.69, 9.17) is 5.11 Å². The zero-order valence-electron chi connectivity index (χ0n) is 6.55. The van der Waals surface area contributed by atoms with Gasteiger partial charge in [-0.25, -0.2) is 4.39 Å². The molecule has 62 valence electrons. The second-order valence-electron chi connectivity index (χ2n) is 2.29. The third-order valence-electron chi connectivity index (χ3n) is 1.44. The van der Waals surface area contributed by atoms with E-state index < -0.39 is 6.67 Å². The van der Waals surface area contributed by atoms with Crippen LogP contribution in [0.4, 0.5) is 4.39 Å². The summed E-state index contributed by atoms with van der Waals surface area (Å²) in [6.07, 6.45) is 0. The van der Waals surface area contributed by atoms with Gasteiger partial charge in [0.2, 0.25) is 0 Å². The van der Waals surface area contributed by atoms with Gasteiger partial charge in [0.25, 0.3) is 0 Å². The molecule has 1 rings (SSSR count). The Balaban J connectivity index is 2.78. The standard InChI is InChI=1S/C10H9FO/c11-7-1-2-9-3-5-10(8-12)6-4-9/h3-6,12H,7-8H2. The number of aliphatic hydroxyl groups is 1. The molecule has 0 aliphatic heterocycles. The van der Waals surface area contributed by atoms with Gasteiger partial charge in [-0.1, -0.05) is 24.0 Å². The van der Waals surface area contributed by atoms with Gasteiger partial charge in [-0.05, 0) is 17.7 Å². The van der Waals surface area contributed by atoms with Crippen LogP contribution in [0.3, 0.4) is 0 Å². The number of halogens is 1. The molecule has 0 aliphatic rings. The highest BCUT2D eigenvalue weighted by atomic mass is 19.1. The van der Waals surface area contributed by atoms with Crippen molar-refractivity contribution in [1.29, 1.82) is 0 Å². The van der Waals surface area contributed by atoms with Crippen LogP contribution in [0.2, 0.25) is 0 Å². The van der Waals surface area contributed by atoms with Crippen LogP contribution in [0.5, 0.6) is 0 Å². The molecule has 1 nitrogen and oxygen atoms in total. The van der Waals surface area contributed by atoms with Gasteiger partial charge < -0.3 is 5.11 Å². The molecule has 0 aliphatic carbocycles. The van der Waals surface area contributed by atoms with Crippen molar-refractivity contribution in [1.82, 2.24) is 0 Å². The van der Waals surface area contributed by atoms with Crippen LogP contribution in [-0.2, 0) is 6.61 Å². The number of alkyl halides is 1. The van der Waals surface area contributed by atoms with Gasteiger partial charge >= 0.3 is 0 Å². The van der Waals surface area contributed by atoms with Gasteiger partial charge in [0.1, 0.15) is 0 Å². The first-order chi connectivity index (χ1) is 5.86. The Bertz CT molecular complexity index is 292. The van der Waals surface area contributed by atoms with Crippen LogP contribution in [0.1, 0.15) is 11.1 Å². The molecular weight excluding hydrogens is 155 g/mol. The summed E-state index contributed by atoms with van der Waals surface area (Å²) in [5.74, 6) is 4.96. The second-order valence-corrected chi connectivity index (χ2v) is 2.29. The summed E-state index contributed by atoms with van der Waals surface area (Å²) >= 11 is 0. The van der Waals surface area contributed by atoms with Crippen molar-refractivity contribution in [2.24, 2.45) is 0 Å². The first-order valence-electron chi connectivity index (χ1n) is 3.61. The number of hydrogen-bond donors (Lipinski definition) is 1. The number of rotatable bonds is 1. The smallest absolute Gasteiger partial charge is 0.150 e. The Labute approximate surface area is 70.9 Å². The maximum atomic E-state index is 11.6. The third-order valence-corrected chi connectivity index (χ3v) is 1.44. The molecule has 0 amide bonds. The summed E-state index contributed by atoms with van der Waals surface area (Å²) in [4.78, 5) is 0. The van der Waals surface area contributed by atoms with Crippen molar-refractivity contribution < 1.29 is 9.50 Å². The maximum Gasteiger partial charge on any atom is 0.150 e. The lowest BCUT2D eigenvalue weighted by Crippen LogP contribution is -1.82. The predicted octanol–water partition coefficient (Wildman–Crippen LogP) is 1.50. The molecule has 0 unspecified atom stereocenters. The molecule has 0 saturated heterocycles. The topological polar surface area (TPSA) is 20.2 Å². The fraction of sp³-hybridized carbons (Fsp3) is 0.200. The average molecular weight is 164 g/mol. The summed E-state index contributed by atoms with van der Waals surface area (Å²) in [5, 5.41) is 8.71. The SMILES string of the molecule is OCc1ccc(C#CCF)cc1. The van der Waals surface area contributed by atoms with Crippen molar-refractivity contribution >= 4 is 0 Å². The van der Waals surface area contributed by atoms with E-state index >= 15 is 0 Å². The number of aliphatic hydroxyl groups excluding tert-OH is 1. The van der Waals surface area contributed by atoms with Crippen LogP contribution >= 0.6 is 0 Å². The summed E-state index contributed by atoms with van der Waals surface area (Å²) in [7, 11) is 0. The first kappa shape index (κ1) is 8.76. The van der Waals surface area contributed by atoms with E-state index in [-0.39, 0.29) is 6.61 Å². The van der Waals surface area contributed by atoms with Gasteiger partial charge in [-0.15, -0.1) is 0 Å². The quantitative estimate of drug-likeness (QED) is 0.623. The fourth-order valence-electron chi connectivity index (χ4n) is 0.829. The Hall–Kier alpha value is -1.33. The third kappa shape index (κ3) is 2.37. The molecule has 2 heteroatoms. The minimum absolute atomic E-state index is 0.0246. The minimum Gasteiger partial charge on any atom is -0.392 e. The normalized spacial score (nSPS) is 8.83. The van der Waals surface area contributed by atoms with E-state index in [2.05, 4.69) is 11.8 Å². The van der Waals surface area contributed by atoms with Gasteiger partial charge in [-0.2, -0.15) is 0 Å². The summed E-state index contributed by atoms with van der Waals surface area (Å²) in [5.41, 5.74) is 1.60. The largest absolute Gasteiger partial charge is 0.392 e. The van der Waals surface area contributed by atoms with Crippen LogP contribution in [0.25, 0.3) is 0 Å². The summed E-state index contributed by atoms with van der Waals surface area (Å²) < 4.78 is 11.6. The molecule has 0 radical (unpaired) electrons.